The third-order valence-corrected chi connectivity index (χ3v) is 3.28. The van der Waals surface area contributed by atoms with Crippen molar-refractivity contribution in [2.45, 2.75) is 40.5 Å². The molecule has 0 saturated heterocycles. The summed E-state index contributed by atoms with van der Waals surface area (Å²) in [5.41, 5.74) is -1.02. The van der Waals surface area contributed by atoms with Gasteiger partial charge in [-0.15, -0.1) is 0 Å². The van der Waals surface area contributed by atoms with Gasteiger partial charge in [-0.2, -0.15) is 0 Å². The summed E-state index contributed by atoms with van der Waals surface area (Å²) in [4.78, 5) is 35.8. The molecule has 0 radical (unpaired) electrons. The summed E-state index contributed by atoms with van der Waals surface area (Å²) in [5, 5.41) is 9.80. The summed E-state index contributed by atoms with van der Waals surface area (Å²) in [6, 6.07) is 0. The first-order chi connectivity index (χ1) is 7.75. The molecule has 0 aromatic carbocycles. The van der Waals surface area contributed by atoms with Crippen molar-refractivity contribution in [2.75, 3.05) is 0 Å². The number of hydrogen-bond donors (Lipinski definition) is 1. The molecule has 0 spiro atoms. The van der Waals surface area contributed by atoms with Crippen LogP contribution >= 0.6 is 0 Å². The normalized spacial score (nSPS) is 24.1. The second-order valence-corrected chi connectivity index (χ2v) is 4.98. The third-order valence-electron chi connectivity index (χ3n) is 3.28. The van der Waals surface area contributed by atoms with Crippen molar-refractivity contribution in [1.29, 1.82) is 0 Å². The van der Waals surface area contributed by atoms with Gasteiger partial charge >= 0.3 is 0 Å². The molecule has 0 aromatic heterocycles. The molecule has 1 unspecified atom stereocenters. The van der Waals surface area contributed by atoms with E-state index in [1.807, 2.05) is 6.92 Å². The lowest BCUT2D eigenvalue weighted by Crippen LogP contribution is -2.46. The molecule has 1 N–H and O–H groups in total. The zero-order valence-electron chi connectivity index (χ0n) is 10.7. The number of allylic oxidation sites excluding steroid dienone is 2. The molecular formula is C13H18O4. The lowest BCUT2D eigenvalue weighted by atomic mass is 9.69. The van der Waals surface area contributed by atoms with Gasteiger partial charge in [-0.05, 0) is 27.2 Å². The highest BCUT2D eigenvalue weighted by Crippen LogP contribution is 2.37. The fourth-order valence-corrected chi connectivity index (χ4v) is 2.08. The first-order valence-corrected chi connectivity index (χ1v) is 5.76. The summed E-state index contributed by atoms with van der Waals surface area (Å²) in [6.07, 6.45) is 0.817. The Morgan fingerprint density at radius 3 is 2.35 bits per heavy atom. The zero-order chi connectivity index (χ0) is 13.4. The van der Waals surface area contributed by atoms with Crippen LogP contribution in [0.15, 0.2) is 11.3 Å². The summed E-state index contributed by atoms with van der Waals surface area (Å²) < 4.78 is 0. The summed E-state index contributed by atoms with van der Waals surface area (Å²) in [5.74, 6) is -2.83. The van der Waals surface area contributed by atoms with Gasteiger partial charge in [-0.25, -0.2) is 0 Å². The number of hydrogen-bond acceptors (Lipinski definition) is 4. The molecule has 1 rings (SSSR count). The second kappa shape index (κ2) is 4.43. The van der Waals surface area contributed by atoms with Gasteiger partial charge in [-0.3, -0.25) is 14.4 Å². The maximum atomic E-state index is 12.1. The van der Waals surface area contributed by atoms with Crippen molar-refractivity contribution in [3.05, 3.63) is 11.3 Å². The fraction of sp³-hybridized carbons (Fsp3) is 0.615. The Bertz CT molecular complexity index is 415. The Labute approximate surface area is 101 Å². The average molecular weight is 238 g/mol. The SMILES string of the molecule is CCCC(=O)C1C(=O)C(C)=C(O)C(C)(C)C1=O. The van der Waals surface area contributed by atoms with Gasteiger partial charge in [0.15, 0.2) is 17.3 Å². The van der Waals surface area contributed by atoms with Crippen LogP contribution in [-0.2, 0) is 14.4 Å². The molecule has 0 saturated carbocycles. The minimum atomic E-state index is -1.22. The van der Waals surface area contributed by atoms with E-state index >= 15 is 0 Å². The highest BCUT2D eigenvalue weighted by molar-refractivity contribution is 6.27. The molecule has 1 aliphatic carbocycles. The van der Waals surface area contributed by atoms with Crippen LogP contribution in [0.5, 0.6) is 0 Å². The Morgan fingerprint density at radius 2 is 1.88 bits per heavy atom. The van der Waals surface area contributed by atoms with E-state index in [1.54, 1.807) is 0 Å². The minimum Gasteiger partial charge on any atom is -0.511 e. The van der Waals surface area contributed by atoms with E-state index in [2.05, 4.69) is 0 Å². The second-order valence-electron chi connectivity index (χ2n) is 4.98. The van der Waals surface area contributed by atoms with Crippen LogP contribution < -0.4 is 0 Å². The highest BCUT2D eigenvalue weighted by Gasteiger charge is 2.49. The van der Waals surface area contributed by atoms with Gasteiger partial charge in [0.25, 0.3) is 0 Å². The number of aliphatic hydroxyl groups is 1. The first-order valence-electron chi connectivity index (χ1n) is 5.76. The Kier molecular flexibility index (Phi) is 3.55. The number of carbonyl (C=O) groups excluding carboxylic acids is 3. The van der Waals surface area contributed by atoms with Crippen molar-refractivity contribution in [3.8, 4) is 0 Å². The topological polar surface area (TPSA) is 71.4 Å². The van der Waals surface area contributed by atoms with E-state index in [0.717, 1.165) is 0 Å². The van der Waals surface area contributed by atoms with Gasteiger partial charge < -0.3 is 5.11 Å². The van der Waals surface area contributed by atoms with Crippen LogP contribution in [-0.4, -0.2) is 22.5 Å². The minimum absolute atomic E-state index is 0.129. The predicted molar refractivity (Wildman–Crippen MR) is 62.5 cm³/mol. The standard InChI is InChI=1S/C13H18O4/c1-5-6-8(14)9-10(15)7(2)11(16)13(3,4)12(9)17/h9,16H,5-6H2,1-4H3. The molecule has 0 bridgehead atoms. The summed E-state index contributed by atoms with van der Waals surface area (Å²) >= 11 is 0. The van der Waals surface area contributed by atoms with Gasteiger partial charge in [0.1, 0.15) is 11.7 Å². The molecule has 17 heavy (non-hydrogen) atoms. The monoisotopic (exact) mass is 238 g/mol. The number of rotatable bonds is 3. The molecule has 0 fully saturated rings. The van der Waals surface area contributed by atoms with E-state index in [9.17, 15) is 19.5 Å². The molecule has 0 heterocycles. The molecule has 0 amide bonds. The van der Waals surface area contributed by atoms with Crippen LogP contribution in [0.2, 0.25) is 0 Å². The molecule has 4 nitrogen and oxygen atoms in total. The number of aliphatic hydroxyl groups excluding tert-OH is 1. The Morgan fingerprint density at radius 1 is 1.35 bits per heavy atom. The van der Waals surface area contributed by atoms with E-state index in [0.29, 0.717) is 6.42 Å². The maximum absolute atomic E-state index is 12.1. The highest BCUT2D eigenvalue weighted by atomic mass is 16.3. The average Bonchev–Trinajstić information content (AvgIpc) is 2.25. The summed E-state index contributed by atoms with van der Waals surface area (Å²) in [7, 11) is 0. The molecule has 4 heteroatoms. The molecule has 0 aliphatic heterocycles. The van der Waals surface area contributed by atoms with Gasteiger partial charge in [-0.1, -0.05) is 6.92 Å². The number of ketones is 3. The number of carbonyl (C=O) groups is 3. The van der Waals surface area contributed by atoms with Crippen LogP contribution in [0.1, 0.15) is 40.5 Å². The van der Waals surface area contributed by atoms with Gasteiger partial charge in [0, 0.05) is 12.0 Å². The van der Waals surface area contributed by atoms with Crippen molar-refractivity contribution < 1.29 is 19.5 Å². The van der Waals surface area contributed by atoms with Gasteiger partial charge in [0.05, 0.1) is 5.41 Å². The molecule has 94 valence electrons. The number of Topliss-reactive ketones (excluding diaryl/α,β-unsaturated/α-hetero) is 3. The van der Waals surface area contributed by atoms with E-state index < -0.39 is 22.9 Å². The van der Waals surface area contributed by atoms with Crippen molar-refractivity contribution in [2.24, 2.45) is 11.3 Å². The summed E-state index contributed by atoms with van der Waals surface area (Å²) in [6.45, 7) is 6.35. The van der Waals surface area contributed by atoms with E-state index in [-0.39, 0.29) is 23.5 Å². The fourth-order valence-electron chi connectivity index (χ4n) is 2.08. The van der Waals surface area contributed by atoms with Gasteiger partial charge in [0.2, 0.25) is 0 Å². The maximum Gasteiger partial charge on any atom is 0.179 e. The molecule has 1 atom stereocenters. The van der Waals surface area contributed by atoms with Crippen molar-refractivity contribution >= 4 is 17.3 Å². The van der Waals surface area contributed by atoms with E-state index in [4.69, 9.17) is 0 Å². The third kappa shape index (κ3) is 2.04. The van der Waals surface area contributed by atoms with Crippen LogP contribution in [0.25, 0.3) is 0 Å². The zero-order valence-corrected chi connectivity index (χ0v) is 10.7. The van der Waals surface area contributed by atoms with Crippen molar-refractivity contribution in [1.82, 2.24) is 0 Å². The van der Waals surface area contributed by atoms with E-state index in [1.165, 1.54) is 20.8 Å². The first kappa shape index (κ1) is 13.6. The quantitative estimate of drug-likeness (QED) is 0.763. The lowest BCUT2D eigenvalue weighted by Gasteiger charge is -2.32. The van der Waals surface area contributed by atoms with Crippen LogP contribution in [0.4, 0.5) is 0 Å². The smallest absolute Gasteiger partial charge is 0.179 e. The van der Waals surface area contributed by atoms with Crippen LogP contribution in [0, 0.1) is 11.3 Å². The predicted octanol–water partition coefficient (Wildman–Crippen LogP) is 1.98. The lowest BCUT2D eigenvalue weighted by molar-refractivity contribution is -0.144. The molecule has 0 aromatic rings. The Balaban J connectivity index is 3.24. The Hall–Kier alpha value is -1.45. The van der Waals surface area contributed by atoms with Crippen molar-refractivity contribution in [3.63, 3.8) is 0 Å². The largest absolute Gasteiger partial charge is 0.511 e. The molecular weight excluding hydrogens is 220 g/mol. The molecule has 1 aliphatic rings. The van der Waals surface area contributed by atoms with Crippen LogP contribution in [0.3, 0.4) is 0 Å².